The number of nitrogens with zero attached hydrogens (tertiary/aromatic N) is 2. The molecule has 1 aliphatic rings. The van der Waals surface area contributed by atoms with Gasteiger partial charge in [-0.3, -0.25) is 14.5 Å². The zero-order valence-electron chi connectivity index (χ0n) is 22.2. The Morgan fingerprint density at radius 1 is 1.03 bits per heavy atom. The fourth-order valence-electron chi connectivity index (χ4n) is 4.19. The molecule has 2 heterocycles. The second-order valence-corrected chi connectivity index (χ2v) is 9.84. The first-order chi connectivity index (χ1) is 18.8. The van der Waals surface area contributed by atoms with E-state index in [9.17, 15) is 19.5 Å². The fraction of sp³-hybridized carbons (Fsp3) is 0.310. The van der Waals surface area contributed by atoms with Gasteiger partial charge in [-0.1, -0.05) is 37.3 Å². The first kappa shape index (κ1) is 27.8. The number of benzene rings is 2. The number of Topliss-reactive ketones (excluding diaryl/α,β-unsaturated/α-hetero) is 1. The largest absolute Gasteiger partial charge is 0.507 e. The summed E-state index contributed by atoms with van der Waals surface area (Å²) in [5.74, 6) is -1.47. The molecule has 1 amide bonds. The Labute approximate surface area is 230 Å². The standard InChI is InChI=1S/C29H30N2O7S/c1-5-14-37-20-12-10-18(11-13-20)24(32)22-23(19-8-7-9-21(16-19)38-15-6-2)31(27(34)25(22)33)29-30-17(3)26(39-29)28(35)36-4/h7-13,16,23,32H,5-6,14-15H2,1-4H3/b24-22+. The molecule has 1 fully saturated rings. The molecule has 0 spiro atoms. The van der Waals surface area contributed by atoms with Crippen LogP contribution in [0.15, 0.2) is 54.1 Å². The third-order valence-corrected chi connectivity index (χ3v) is 7.19. The number of aryl methyl sites for hydroxylation is 1. The van der Waals surface area contributed by atoms with Gasteiger partial charge in [0.2, 0.25) is 0 Å². The third kappa shape index (κ3) is 5.65. The second kappa shape index (κ2) is 12.1. The highest BCUT2D eigenvalue weighted by Gasteiger charge is 2.48. The molecule has 1 aromatic heterocycles. The van der Waals surface area contributed by atoms with E-state index in [-0.39, 0.29) is 21.3 Å². The van der Waals surface area contributed by atoms with Gasteiger partial charge in [0, 0.05) is 5.56 Å². The normalized spacial score (nSPS) is 16.4. The highest BCUT2D eigenvalue weighted by molar-refractivity contribution is 7.17. The molecule has 1 aliphatic heterocycles. The number of hydrogen-bond acceptors (Lipinski definition) is 9. The number of rotatable bonds is 10. The van der Waals surface area contributed by atoms with Crippen LogP contribution in [0.25, 0.3) is 5.76 Å². The number of hydrogen-bond donors (Lipinski definition) is 1. The molecule has 1 unspecified atom stereocenters. The highest BCUT2D eigenvalue weighted by Crippen LogP contribution is 2.44. The average Bonchev–Trinajstić information content (AvgIpc) is 3.46. The molecule has 1 N–H and O–H groups in total. The lowest BCUT2D eigenvalue weighted by molar-refractivity contribution is -0.132. The van der Waals surface area contributed by atoms with Gasteiger partial charge in [-0.15, -0.1) is 0 Å². The van der Waals surface area contributed by atoms with E-state index in [4.69, 9.17) is 14.2 Å². The van der Waals surface area contributed by atoms with Crippen molar-refractivity contribution in [1.82, 2.24) is 4.98 Å². The number of methoxy groups -OCH3 is 1. The van der Waals surface area contributed by atoms with Crippen LogP contribution >= 0.6 is 11.3 Å². The van der Waals surface area contributed by atoms with Crippen LogP contribution in [0.5, 0.6) is 11.5 Å². The summed E-state index contributed by atoms with van der Waals surface area (Å²) in [7, 11) is 1.26. The summed E-state index contributed by atoms with van der Waals surface area (Å²) in [4.78, 5) is 45.0. The van der Waals surface area contributed by atoms with Gasteiger partial charge in [-0.2, -0.15) is 0 Å². The summed E-state index contributed by atoms with van der Waals surface area (Å²) in [5, 5.41) is 11.5. The van der Waals surface area contributed by atoms with E-state index >= 15 is 0 Å². The minimum absolute atomic E-state index is 0.0951. The van der Waals surface area contributed by atoms with Crippen molar-refractivity contribution < 1.29 is 33.7 Å². The fourth-order valence-corrected chi connectivity index (χ4v) is 5.20. The van der Waals surface area contributed by atoms with Crippen LogP contribution in [0.2, 0.25) is 0 Å². The minimum atomic E-state index is -1.01. The summed E-state index contributed by atoms with van der Waals surface area (Å²) < 4.78 is 16.3. The SMILES string of the molecule is CCCOc1ccc(/C(O)=C2\C(=O)C(=O)N(c3nc(C)c(C(=O)OC)s3)C2c2cccc(OCCC)c2)cc1. The zero-order chi connectivity index (χ0) is 28.1. The van der Waals surface area contributed by atoms with Crippen molar-refractivity contribution in [2.24, 2.45) is 0 Å². The van der Waals surface area contributed by atoms with E-state index < -0.39 is 23.7 Å². The summed E-state index contributed by atoms with van der Waals surface area (Å²) in [6, 6.07) is 12.7. The quantitative estimate of drug-likeness (QED) is 0.154. The molecule has 10 heteroatoms. The van der Waals surface area contributed by atoms with Crippen LogP contribution in [-0.4, -0.2) is 48.1 Å². The van der Waals surface area contributed by atoms with Crippen LogP contribution in [0.4, 0.5) is 5.13 Å². The predicted molar refractivity (Wildman–Crippen MR) is 147 cm³/mol. The van der Waals surface area contributed by atoms with Crippen LogP contribution < -0.4 is 14.4 Å². The van der Waals surface area contributed by atoms with Crippen molar-refractivity contribution in [3.05, 3.63) is 75.8 Å². The molecule has 0 bridgehead atoms. The van der Waals surface area contributed by atoms with E-state index in [2.05, 4.69) is 4.98 Å². The van der Waals surface area contributed by atoms with Gasteiger partial charge in [-0.05, 0) is 61.7 Å². The van der Waals surface area contributed by atoms with Crippen LogP contribution in [0, 0.1) is 6.92 Å². The summed E-state index contributed by atoms with van der Waals surface area (Å²) in [6.07, 6.45) is 1.65. The summed E-state index contributed by atoms with van der Waals surface area (Å²) >= 11 is 0.946. The van der Waals surface area contributed by atoms with Gasteiger partial charge in [0.15, 0.2) is 5.13 Å². The molecule has 9 nitrogen and oxygen atoms in total. The van der Waals surface area contributed by atoms with E-state index in [1.54, 1.807) is 55.5 Å². The van der Waals surface area contributed by atoms with Gasteiger partial charge < -0.3 is 19.3 Å². The smallest absolute Gasteiger partial charge is 0.350 e. The number of aromatic nitrogens is 1. The number of ketones is 1. The van der Waals surface area contributed by atoms with Crippen molar-refractivity contribution in [2.45, 2.75) is 39.7 Å². The monoisotopic (exact) mass is 550 g/mol. The Hall–Kier alpha value is -4.18. The number of amides is 1. The van der Waals surface area contributed by atoms with Gasteiger partial charge in [0.1, 0.15) is 22.1 Å². The van der Waals surface area contributed by atoms with Gasteiger partial charge >= 0.3 is 11.9 Å². The van der Waals surface area contributed by atoms with Gasteiger partial charge in [-0.25, -0.2) is 9.78 Å². The lowest BCUT2D eigenvalue weighted by Gasteiger charge is -2.23. The van der Waals surface area contributed by atoms with Crippen molar-refractivity contribution in [1.29, 1.82) is 0 Å². The molecule has 1 atom stereocenters. The molecule has 0 radical (unpaired) electrons. The predicted octanol–water partition coefficient (Wildman–Crippen LogP) is 5.44. The Kier molecular flexibility index (Phi) is 8.65. The summed E-state index contributed by atoms with van der Waals surface area (Å²) in [6.45, 7) is 6.65. The first-order valence-corrected chi connectivity index (χ1v) is 13.4. The Bertz CT molecular complexity index is 1410. The molecule has 0 aliphatic carbocycles. The van der Waals surface area contributed by atoms with Crippen molar-refractivity contribution >= 4 is 39.9 Å². The van der Waals surface area contributed by atoms with E-state index in [1.165, 1.54) is 12.0 Å². The highest BCUT2D eigenvalue weighted by atomic mass is 32.1. The molecule has 3 aromatic rings. The van der Waals surface area contributed by atoms with Crippen LogP contribution in [0.1, 0.15) is 59.2 Å². The maximum absolute atomic E-state index is 13.5. The van der Waals surface area contributed by atoms with Crippen molar-refractivity contribution in [3.8, 4) is 11.5 Å². The van der Waals surface area contributed by atoms with Crippen LogP contribution in [-0.2, 0) is 14.3 Å². The van der Waals surface area contributed by atoms with Crippen LogP contribution in [0.3, 0.4) is 0 Å². The van der Waals surface area contributed by atoms with E-state index in [1.807, 2.05) is 13.8 Å². The van der Waals surface area contributed by atoms with Gasteiger partial charge in [0.05, 0.1) is 37.6 Å². The molecule has 0 saturated carbocycles. The number of ether oxygens (including phenoxy) is 3. The average molecular weight is 551 g/mol. The minimum Gasteiger partial charge on any atom is -0.507 e. The Morgan fingerprint density at radius 2 is 1.69 bits per heavy atom. The number of thiazole rings is 1. The lowest BCUT2D eigenvalue weighted by atomic mass is 9.95. The number of aliphatic hydroxyl groups excluding tert-OH is 1. The molecule has 204 valence electrons. The molecular formula is C29H30N2O7S. The van der Waals surface area contributed by atoms with Crippen molar-refractivity contribution in [3.63, 3.8) is 0 Å². The van der Waals surface area contributed by atoms with Gasteiger partial charge in [0.25, 0.3) is 5.78 Å². The number of esters is 1. The zero-order valence-corrected chi connectivity index (χ0v) is 23.0. The topological polar surface area (TPSA) is 115 Å². The molecule has 2 aromatic carbocycles. The second-order valence-electron chi connectivity index (χ2n) is 8.87. The molecule has 1 saturated heterocycles. The molecule has 4 rings (SSSR count). The van der Waals surface area contributed by atoms with E-state index in [0.29, 0.717) is 41.5 Å². The maximum Gasteiger partial charge on any atom is 0.350 e. The number of anilines is 1. The maximum atomic E-state index is 13.5. The van der Waals surface area contributed by atoms with E-state index in [0.717, 1.165) is 24.2 Å². The number of carbonyl (C=O) groups excluding carboxylic acids is 3. The number of aliphatic hydroxyl groups is 1. The van der Waals surface area contributed by atoms with Crippen molar-refractivity contribution in [2.75, 3.05) is 25.2 Å². The molecule has 39 heavy (non-hydrogen) atoms. The third-order valence-electron chi connectivity index (χ3n) is 6.05. The summed E-state index contributed by atoms with van der Waals surface area (Å²) in [5.41, 5.74) is 1.16. The Morgan fingerprint density at radius 3 is 2.33 bits per heavy atom. The lowest BCUT2D eigenvalue weighted by Crippen LogP contribution is -2.29. The number of carbonyl (C=O) groups is 3. The molecular weight excluding hydrogens is 520 g/mol. The first-order valence-electron chi connectivity index (χ1n) is 12.6. The Balaban J connectivity index is 1.86.